The van der Waals surface area contributed by atoms with Crippen LogP contribution >= 0.6 is 11.6 Å². The summed E-state index contributed by atoms with van der Waals surface area (Å²) >= 11 is 5.79. The van der Waals surface area contributed by atoms with Crippen molar-refractivity contribution < 1.29 is 0 Å². The average Bonchev–Trinajstić information content (AvgIpc) is 2.65. The number of nitrogens with two attached hydrogens (primary N) is 1. The Kier molecular flexibility index (Phi) is 2.52. The van der Waals surface area contributed by atoms with Gasteiger partial charge >= 0.3 is 0 Å². The summed E-state index contributed by atoms with van der Waals surface area (Å²) in [6.07, 6.45) is 3.37. The van der Waals surface area contributed by atoms with E-state index in [1.54, 1.807) is 17.1 Å². The Morgan fingerprint density at radius 1 is 1.36 bits per heavy atom. The van der Waals surface area contributed by atoms with Gasteiger partial charge in [0.1, 0.15) is 0 Å². The van der Waals surface area contributed by atoms with Crippen LogP contribution in [0.25, 0.3) is 5.69 Å². The Labute approximate surface area is 87.1 Å². The lowest BCUT2D eigenvalue weighted by Gasteiger charge is -2.06. The second-order valence-corrected chi connectivity index (χ2v) is 3.37. The summed E-state index contributed by atoms with van der Waals surface area (Å²) in [4.78, 5) is 0. The van der Waals surface area contributed by atoms with Crippen molar-refractivity contribution in [2.24, 2.45) is 5.73 Å². The quantitative estimate of drug-likeness (QED) is 0.819. The molecule has 0 aliphatic rings. The zero-order chi connectivity index (χ0) is 9.97. The minimum atomic E-state index is 0.494. The van der Waals surface area contributed by atoms with Gasteiger partial charge in [-0.2, -0.15) is 5.10 Å². The Morgan fingerprint density at radius 2 is 2.14 bits per heavy atom. The van der Waals surface area contributed by atoms with Gasteiger partial charge in [0.05, 0.1) is 16.9 Å². The maximum atomic E-state index is 5.79. The zero-order valence-corrected chi connectivity index (χ0v) is 8.28. The minimum absolute atomic E-state index is 0.494. The lowest BCUT2D eigenvalue weighted by atomic mass is 10.2. The molecule has 1 aromatic heterocycles. The van der Waals surface area contributed by atoms with E-state index in [1.165, 1.54) is 0 Å². The number of para-hydroxylation sites is 1. The van der Waals surface area contributed by atoms with E-state index in [0.29, 0.717) is 11.6 Å². The molecule has 0 saturated heterocycles. The highest BCUT2D eigenvalue weighted by Gasteiger charge is 2.03. The van der Waals surface area contributed by atoms with Crippen LogP contribution in [0.1, 0.15) is 5.56 Å². The van der Waals surface area contributed by atoms with E-state index < -0.39 is 0 Å². The third-order valence-electron chi connectivity index (χ3n) is 2.01. The van der Waals surface area contributed by atoms with Crippen molar-refractivity contribution in [1.29, 1.82) is 0 Å². The van der Waals surface area contributed by atoms with Crippen molar-refractivity contribution in [3.05, 3.63) is 47.2 Å². The number of benzene rings is 1. The fourth-order valence-corrected chi connectivity index (χ4v) is 1.48. The van der Waals surface area contributed by atoms with E-state index in [1.807, 2.05) is 24.3 Å². The fraction of sp³-hybridized carbons (Fsp3) is 0.100. The number of rotatable bonds is 2. The Bertz CT molecular complexity index is 436. The molecule has 3 nitrogen and oxygen atoms in total. The molecule has 0 bridgehead atoms. The van der Waals surface area contributed by atoms with Crippen LogP contribution in [0.5, 0.6) is 0 Å². The molecule has 0 fully saturated rings. The molecule has 2 aromatic rings. The van der Waals surface area contributed by atoms with Crippen molar-refractivity contribution >= 4 is 11.6 Å². The van der Waals surface area contributed by atoms with E-state index in [0.717, 1.165) is 11.3 Å². The first-order chi connectivity index (χ1) is 6.81. The molecule has 0 aliphatic heterocycles. The summed E-state index contributed by atoms with van der Waals surface area (Å²) in [5, 5.41) is 4.75. The summed E-state index contributed by atoms with van der Waals surface area (Å²) in [6, 6.07) is 7.84. The van der Waals surface area contributed by atoms with Crippen molar-refractivity contribution in [2.75, 3.05) is 0 Å². The molecule has 0 radical (unpaired) electrons. The molecule has 72 valence electrons. The molecule has 1 heterocycles. The van der Waals surface area contributed by atoms with Crippen LogP contribution in [0.2, 0.25) is 5.02 Å². The predicted octanol–water partition coefficient (Wildman–Crippen LogP) is 1.98. The largest absolute Gasteiger partial charge is 0.326 e. The van der Waals surface area contributed by atoms with Crippen LogP contribution in [0.15, 0.2) is 36.7 Å². The second kappa shape index (κ2) is 3.82. The molecule has 4 heteroatoms. The summed E-state index contributed by atoms with van der Waals surface area (Å²) in [6.45, 7) is 0.494. The minimum Gasteiger partial charge on any atom is -0.326 e. The van der Waals surface area contributed by atoms with Gasteiger partial charge in [0, 0.05) is 12.7 Å². The molecular formula is C10H10ClN3. The molecule has 0 atom stereocenters. The van der Waals surface area contributed by atoms with Gasteiger partial charge < -0.3 is 5.73 Å². The van der Waals surface area contributed by atoms with Gasteiger partial charge in [-0.15, -0.1) is 0 Å². The van der Waals surface area contributed by atoms with Gasteiger partial charge in [0.2, 0.25) is 0 Å². The summed E-state index contributed by atoms with van der Waals surface area (Å²) in [5.74, 6) is 0. The second-order valence-electron chi connectivity index (χ2n) is 2.94. The SMILES string of the molecule is NCc1ccccc1-n1cc(Cl)cn1. The van der Waals surface area contributed by atoms with Gasteiger partial charge in [-0.1, -0.05) is 29.8 Å². The maximum Gasteiger partial charge on any atom is 0.0790 e. The van der Waals surface area contributed by atoms with E-state index in [2.05, 4.69) is 5.10 Å². The Morgan fingerprint density at radius 3 is 2.79 bits per heavy atom. The first-order valence-corrected chi connectivity index (χ1v) is 4.67. The normalized spacial score (nSPS) is 10.4. The van der Waals surface area contributed by atoms with E-state index >= 15 is 0 Å². The van der Waals surface area contributed by atoms with Crippen LogP contribution in [0.4, 0.5) is 0 Å². The molecule has 1 aromatic carbocycles. The summed E-state index contributed by atoms with van der Waals surface area (Å²) in [7, 11) is 0. The lowest BCUT2D eigenvalue weighted by Crippen LogP contribution is -2.04. The van der Waals surface area contributed by atoms with Crippen LogP contribution in [-0.2, 0) is 6.54 Å². The van der Waals surface area contributed by atoms with E-state index in [9.17, 15) is 0 Å². The molecule has 0 aliphatic carbocycles. The number of hydrogen-bond donors (Lipinski definition) is 1. The average molecular weight is 208 g/mol. The molecule has 2 N–H and O–H groups in total. The van der Waals surface area contributed by atoms with Gasteiger partial charge in [0.15, 0.2) is 0 Å². The number of aromatic nitrogens is 2. The van der Waals surface area contributed by atoms with Crippen LogP contribution in [0.3, 0.4) is 0 Å². The number of halogens is 1. The van der Waals surface area contributed by atoms with E-state index in [4.69, 9.17) is 17.3 Å². The van der Waals surface area contributed by atoms with Crippen LogP contribution < -0.4 is 5.73 Å². The molecule has 2 rings (SSSR count). The van der Waals surface area contributed by atoms with Crippen LogP contribution in [-0.4, -0.2) is 9.78 Å². The highest BCUT2D eigenvalue weighted by atomic mass is 35.5. The van der Waals surface area contributed by atoms with Gasteiger partial charge in [0.25, 0.3) is 0 Å². The van der Waals surface area contributed by atoms with Crippen molar-refractivity contribution in [3.63, 3.8) is 0 Å². The molecule has 0 amide bonds. The van der Waals surface area contributed by atoms with Gasteiger partial charge in [-0.3, -0.25) is 0 Å². The third kappa shape index (κ3) is 1.64. The maximum absolute atomic E-state index is 5.79. The molecule has 0 saturated carbocycles. The van der Waals surface area contributed by atoms with Crippen LogP contribution in [0, 0.1) is 0 Å². The molecule has 0 unspecified atom stereocenters. The highest BCUT2D eigenvalue weighted by molar-refractivity contribution is 6.30. The smallest absolute Gasteiger partial charge is 0.0790 e. The Hall–Kier alpha value is -1.32. The van der Waals surface area contributed by atoms with Gasteiger partial charge in [-0.05, 0) is 11.6 Å². The monoisotopic (exact) mass is 207 g/mol. The highest BCUT2D eigenvalue weighted by Crippen LogP contribution is 2.15. The summed E-state index contributed by atoms with van der Waals surface area (Å²) < 4.78 is 1.73. The predicted molar refractivity (Wildman–Crippen MR) is 56.5 cm³/mol. The van der Waals surface area contributed by atoms with Crippen molar-refractivity contribution in [1.82, 2.24) is 9.78 Å². The van der Waals surface area contributed by atoms with Gasteiger partial charge in [-0.25, -0.2) is 4.68 Å². The third-order valence-corrected chi connectivity index (χ3v) is 2.20. The molecular weight excluding hydrogens is 198 g/mol. The number of nitrogens with zero attached hydrogens (tertiary/aromatic N) is 2. The van der Waals surface area contributed by atoms with Crippen molar-refractivity contribution in [2.45, 2.75) is 6.54 Å². The van der Waals surface area contributed by atoms with Crippen molar-refractivity contribution in [3.8, 4) is 5.69 Å². The standard InChI is InChI=1S/C10H10ClN3/c11-9-6-13-14(7-9)10-4-2-1-3-8(10)5-12/h1-4,6-7H,5,12H2. The lowest BCUT2D eigenvalue weighted by molar-refractivity contribution is 0.858. The molecule has 0 spiro atoms. The number of hydrogen-bond acceptors (Lipinski definition) is 2. The first-order valence-electron chi connectivity index (χ1n) is 4.30. The summed E-state index contributed by atoms with van der Waals surface area (Å²) in [5.41, 5.74) is 7.64. The molecule has 14 heavy (non-hydrogen) atoms. The fourth-order valence-electron chi connectivity index (χ4n) is 1.34. The first kappa shape index (κ1) is 9.24. The topological polar surface area (TPSA) is 43.8 Å². The Balaban J connectivity index is 2.50. The van der Waals surface area contributed by atoms with E-state index in [-0.39, 0.29) is 0 Å². The zero-order valence-electron chi connectivity index (χ0n) is 7.52.